The van der Waals surface area contributed by atoms with Crippen LogP contribution < -0.4 is 9.47 Å². The Kier molecular flexibility index (Phi) is 9.27. The van der Waals surface area contributed by atoms with Crippen molar-refractivity contribution in [2.45, 2.75) is 58.3 Å². The van der Waals surface area contributed by atoms with Crippen LogP contribution in [0.5, 0.6) is 11.5 Å². The van der Waals surface area contributed by atoms with E-state index < -0.39 is 17.6 Å². The quantitative estimate of drug-likeness (QED) is 0.165. The summed E-state index contributed by atoms with van der Waals surface area (Å²) in [5.74, 6) is -0.535. The molecule has 0 aliphatic heterocycles. The van der Waals surface area contributed by atoms with E-state index in [1.807, 2.05) is 0 Å². The van der Waals surface area contributed by atoms with Crippen molar-refractivity contribution >= 4 is 5.97 Å². The second-order valence-electron chi connectivity index (χ2n) is 8.51. The number of hydrogen-bond donors (Lipinski definition) is 0. The van der Waals surface area contributed by atoms with Gasteiger partial charge in [0.05, 0.1) is 5.56 Å². The van der Waals surface area contributed by atoms with Crippen molar-refractivity contribution in [1.29, 1.82) is 0 Å². The van der Waals surface area contributed by atoms with Crippen LogP contribution in [0.2, 0.25) is 0 Å². The Labute approximate surface area is 189 Å². The van der Waals surface area contributed by atoms with Crippen molar-refractivity contribution in [3.05, 3.63) is 71.8 Å². The molecule has 0 spiro atoms. The van der Waals surface area contributed by atoms with E-state index in [2.05, 4.69) is 19.1 Å². The number of hydrogen-bond acceptors (Lipinski definition) is 3. The minimum atomic E-state index is -1.06. The number of ether oxygens (including phenoxy) is 2. The van der Waals surface area contributed by atoms with Crippen LogP contribution in [-0.2, 0) is 0 Å². The average Bonchev–Trinajstić information content (AvgIpc) is 2.81. The van der Waals surface area contributed by atoms with Crippen LogP contribution in [0.3, 0.4) is 0 Å². The van der Waals surface area contributed by atoms with Gasteiger partial charge in [0.1, 0.15) is 18.1 Å². The monoisotopic (exact) mass is 442 g/mol. The number of unbranched alkanes of at least 4 members (excludes halogenated alkanes) is 2. The third kappa shape index (κ3) is 7.47. The molecule has 3 nitrogen and oxygen atoms in total. The maximum Gasteiger partial charge on any atom is 0.343 e. The molecule has 0 bridgehead atoms. The van der Waals surface area contributed by atoms with E-state index in [4.69, 9.17) is 9.47 Å². The first kappa shape index (κ1) is 24.0. The second kappa shape index (κ2) is 12.4. The number of rotatable bonds is 10. The summed E-state index contributed by atoms with van der Waals surface area (Å²) in [4.78, 5) is 12.2. The van der Waals surface area contributed by atoms with Crippen LogP contribution in [-0.4, -0.2) is 12.6 Å². The molecule has 1 saturated carbocycles. The standard InChI is InChI=1S/C27H32F2O3/c1-2-3-4-6-20-8-10-21(11-9-20)7-5-18-31-23-14-12-22(13-15-23)27(30)32-24-16-17-25(28)26(29)19-24/h5,7,12-17,19-21H,2-4,6,8-11,18H2,1H3. The Morgan fingerprint density at radius 2 is 1.69 bits per heavy atom. The van der Waals surface area contributed by atoms with Crippen LogP contribution >= 0.6 is 0 Å². The first-order valence-electron chi connectivity index (χ1n) is 11.6. The molecule has 1 aliphatic carbocycles. The van der Waals surface area contributed by atoms with Crippen molar-refractivity contribution in [1.82, 2.24) is 0 Å². The zero-order chi connectivity index (χ0) is 22.8. The summed E-state index contributed by atoms with van der Waals surface area (Å²) in [7, 11) is 0. The maximum absolute atomic E-state index is 13.2. The number of benzene rings is 2. The van der Waals surface area contributed by atoms with Gasteiger partial charge in [0.15, 0.2) is 11.6 Å². The van der Waals surface area contributed by atoms with Gasteiger partial charge in [0.2, 0.25) is 0 Å². The van der Waals surface area contributed by atoms with Crippen LogP contribution in [0, 0.1) is 23.5 Å². The van der Waals surface area contributed by atoms with Gasteiger partial charge in [0.25, 0.3) is 0 Å². The minimum Gasteiger partial charge on any atom is -0.490 e. The molecule has 2 aromatic carbocycles. The summed E-state index contributed by atoms with van der Waals surface area (Å²) in [6.45, 7) is 2.74. The summed E-state index contributed by atoms with van der Waals surface area (Å²) in [6.07, 6.45) is 15.0. The molecule has 172 valence electrons. The molecule has 0 N–H and O–H groups in total. The van der Waals surface area contributed by atoms with Crippen molar-refractivity contribution in [3.63, 3.8) is 0 Å². The lowest BCUT2D eigenvalue weighted by Gasteiger charge is -2.26. The predicted octanol–water partition coefficient (Wildman–Crippen LogP) is 7.51. The molecule has 2 aromatic rings. The second-order valence-corrected chi connectivity index (χ2v) is 8.51. The van der Waals surface area contributed by atoms with Crippen LogP contribution in [0.25, 0.3) is 0 Å². The fourth-order valence-corrected chi connectivity index (χ4v) is 4.14. The molecule has 0 radical (unpaired) electrons. The van der Waals surface area contributed by atoms with E-state index in [-0.39, 0.29) is 5.75 Å². The van der Waals surface area contributed by atoms with Crippen molar-refractivity contribution < 1.29 is 23.0 Å². The largest absolute Gasteiger partial charge is 0.490 e. The summed E-state index contributed by atoms with van der Waals surface area (Å²) < 4.78 is 37.0. The summed E-state index contributed by atoms with van der Waals surface area (Å²) in [6, 6.07) is 9.52. The number of allylic oxidation sites excluding steroid dienone is 1. The van der Waals surface area contributed by atoms with Gasteiger partial charge < -0.3 is 9.47 Å². The van der Waals surface area contributed by atoms with Gasteiger partial charge in [-0.1, -0.05) is 44.8 Å². The van der Waals surface area contributed by atoms with Crippen molar-refractivity contribution in [3.8, 4) is 11.5 Å². The molecule has 0 unspecified atom stereocenters. The topological polar surface area (TPSA) is 35.5 Å². The Morgan fingerprint density at radius 3 is 2.38 bits per heavy atom. The minimum absolute atomic E-state index is 0.0469. The highest BCUT2D eigenvalue weighted by atomic mass is 19.2. The average molecular weight is 443 g/mol. The SMILES string of the molecule is CCCCCC1CCC(C=CCOc2ccc(C(=O)Oc3ccc(F)c(F)c3)cc2)CC1. The third-order valence-corrected chi connectivity index (χ3v) is 6.05. The zero-order valence-corrected chi connectivity index (χ0v) is 18.7. The van der Waals surface area contributed by atoms with Gasteiger partial charge in [-0.25, -0.2) is 13.6 Å². The lowest BCUT2D eigenvalue weighted by molar-refractivity contribution is 0.0734. The highest BCUT2D eigenvalue weighted by Gasteiger charge is 2.18. The Balaban J connectivity index is 1.38. The molecule has 1 fully saturated rings. The van der Waals surface area contributed by atoms with Gasteiger partial charge in [0, 0.05) is 6.07 Å². The summed E-state index contributed by atoms with van der Waals surface area (Å²) in [5, 5.41) is 0. The van der Waals surface area contributed by atoms with E-state index in [9.17, 15) is 13.6 Å². The molecule has 0 aromatic heterocycles. The molecular weight excluding hydrogens is 410 g/mol. The Morgan fingerprint density at radius 1 is 0.969 bits per heavy atom. The zero-order valence-electron chi connectivity index (χ0n) is 18.7. The molecule has 0 amide bonds. The molecule has 0 atom stereocenters. The molecule has 0 heterocycles. The highest BCUT2D eigenvalue weighted by Crippen LogP contribution is 2.32. The fraction of sp³-hybridized carbons (Fsp3) is 0.444. The number of halogens is 2. The fourth-order valence-electron chi connectivity index (χ4n) is 4.14. The smallest absolute Gasteiger partial charge is 0.343 e. The highest BCUT2D eigenvalue weighted by molar-refractivity contribution is 5.91. The molecule has 32 heavy (non-hydrogen) atoms. The van der Waals surface area contributed by atoms with Gasteiger partial charge in [-0.2, -0.15) is 0 Å². The maximum atomic E-state index is 13.2. The lowest BCUT2D eigenvalue weighted by Crippen LogP contribution is -2.13. The van der Waals surface area contributed by atoms with Gasteiger partial charge in [-0.15, -0.1) is 0 Å². The van der Waals surface area contributed by atoms with Crippen molar-refractivity contribution in [2.24, 2.45) is 11.8 Å². The third-order valence-electron chi connectivity index (χ3n) is 6.05. The Bertz CT molecular complexity index is 884. The first-order valence-corrected chi connectivity index (χ1v) is 11.6. The van der Waals surface area contributed by atoms with Crippen LogP contribution in [0.4, 0.5) is 8.78 Å². The van der Waals surface area contributed by atoms with Gasteiger partial charge >= 0.3 is 5.97 Å². The van der Waals surface area contributed by atoms with E-state index >= 15 is 0 Å². The first-order chi connectivity index (χ1) is 15.5. The molecule has 0 saturated heterocycles. The Hall–Kier alpha value is -2.69. The van der Waals surface area contributed by atoms with E-state index in [1.165, 1.54) is 57.4 Å². The number of carbonyl (C=O) groups is 1. The molecule has 5 heteroatoms. The van der Waals surface area contributed by atoms with E-state index in [0.29, 0.717) is 23.8 Å². The predicted molar refractivity (Wildman–Crippen MR) is 122 cm³/mol. The number of carbonyl (C=O) groups excluding carboxylic acids is 1. The summed E-state index contributed by atoms with van der Waals surface area (Å²) >= 11 is 0. The van der Waals surface area contributed by atoms with E-state index in [0.717, 1.165) is 18.1 Å². The normalized spacial score (nSPS) is 18.6. The summed E-state index contributed by atoms with van der Waals surface area (Å²) in [5.41, 5.74) is 0.299. The molecule has 3 rings (SSSR count). The van der Waals surface area contributed by atoms with Crippen LogP contribution in [0.1, 0.15) is 68.6 Å². The molecular formula is C27H32F2O3. The van der Waals surface area contributed by atoms with E-state index in [1.54, 1.807) is 24.3 Å². The number of esters is 1. The van der Waals surface area contributed by atoms with Gasteiger partial charge in [-0.3, -0.25) is 0 Å². The van der Waals surface area contributed by atoms with Crippen LogP contribution in [0.15, 0.2) is 54.6 Å². The van der Waals surface area contributed by atoms with Crippen molar-refractivity contribution in [2.75, 3.05) is 6.61 Å². The van der Waals surface area contributed by atoms with Gasteiger partial charge in [-0.05, 0) is 73.9 Å². The lowest BCUT2D eigenvalue weighted by atomic mass is 9.79. The molecule has 1 aliphatic rings.